The Labute approximate surface area is 158 Å². The molecule has 1 heterocycles. The van der Waals surface area contributed by atoms with E-state index < -0.39 is 10.0 Å². The quantitative estimate of drug-likeness (QED) is 0.685. The Kier molecular flexibility index (Phi) is 7.01. The van der Waals surface area contributed by atoms with Gasteiger partial charge in [-0.15, -0.1) is 0 Å². The van der Waals surface area contributed by atoms with E-state index in [0.29, 0.717) is 36.2 Å². The molecule has 1 aromatic rings. The average Bonchev–Trinajstić information content (AvgIpc) is 2.99. The number of hydrogen-bond donors (Lipinski definition) is 1. The van der Waals surface area contributed by atoms with E-state index in [1.165, 1.54) is 0 Å². The number of rotatable bonds is 8. The maximum Gasteiger partial charge on any atom is 0.241 e. The van der Waals surface area contributed by atoms with Gasteiger partial charge in [0.25, 0.3) is 0 Å². The summed E-state index contributed by atoms with van der Waals surface area (Å²) < 4.78 is 28.6. The van der Waals surface area contributed by atoms with Crippen molar-refractivity contribution in [3.63, 3.8) is 0 Å². The lowest BCUT2D eigenvalue weighted by Crippen LogP contribution is -2.35. The minimum atomic E-state index is -3.64. The van der Waals surface area contributed by atoms with Gasteiger partial charge in [-0.1, -0.05) is 20.8 Å². The van der Waals surface area contributed by atoms with Crippen LogP contribution < -0.4 is 9.62 Å². The average molecular weight is 432 g/mol. The predicted octanol–water partition coefficient (Wildman–Crippen LogP) is 2.37. The summed E-state index contributed by atoms with van der Waals surface area (Å²) in [5, 5.41) is 0. The molecule has 1 aliphatic rings. The molecule has 8 heteroatoms. The van der Waals surface area contributed by atoms with E-state index in [0.717, 1.165) is 25.1 Å². The maximum absolute atomic E-state index is 12.7. The zero-order valence-electron chi connectivity index (χ0n) is 15.0. The van der Waals surface area contributed by atoms with E-state index in [2.05, 4.69) is 39.4 Å². The van der Waals surface area contributed by atoms with E-state index in [1.54, 1.807) is 11.0 Å². The highest BCUT2D eigenvalue weighted by Crippen LogP contribution is 2.35. The van der Waals surface area contributed by atoms with Crippen molar-refractivity contribution < 1.29 is 13.2 Å². The van der Waals surface area contributed by atoms with Crippen molar-refractivity contribution in [3.05, 3.63) is 22.2 Å². The first-order valence-corrected chi connectivity index (χ1v) is 11.0. The number of halogens is 1. The van der Waals surface area contributed by atoms with Gasteiger partial charge < -0.3 is 9.80 Å². The SMILES string of the molecule is CCC(=O)N1CCc2cc(Br)c(S(=O)(=O)NCCN(CC)CC)cc21. The number of amides is 1. The van der Waals surface area contributed by atoms with Crippen molar-refractivity contribution in [1.82, 2.24) is 9.62 Å². The monoisotopic (exact) mass is 431 g/mol. The van der Waals surface area contributed by atoms with Crippen LogP contribution in [0.15, 0.2) is 21.5 Å². The van der Waals surface area contributed by atoms with Crippen molar-refractivity contribution in [1.29, 1.82) is 0 Å². The molecule has 0 atom stereocenters. The molecule has 2 rings (SSSR count). The largest absolute Gasteiger partial charge is 0.312 e. The van der Waals surface area contributed by atoms with Crippen LogP contribution in [0.25, 0.3) is 0 Å². The van der Waals surface area contributed by atoms with Gasteiger partial charge in [0.1, 0.15) is 0 Å². The van der Waals surface area contributed by atoms with Gasteiger partial charge in [0.05, 0.1) is 4.90 Å². The fraction of sp³-hybridized carbons (Fsp3) is 0.588. The Hall–Kier alpha value is -0.960. The first kappa shape index (κ1) is 20.4. The zero-order valence-corrected chi connectivity index (χ0v) is 17.4. The third-order valence-electron chi connectivity index (χ3n) is 4.54. The van der Waals surface area contributed by atoms with Crippen LogP contribution in [-0.2, 0) is 21.2 Å². The van der Waals surface area contributed by atoms with Crippen LogP contribution >= 0.6 is 15.9 Å². The molecular weight excluding hydrogens is 406 g/mol. The molecule has 1 amide bonds. The summed E-state index contributed by atoms with van der Waals surface area (Å²) in [5.41, 5.74) is 1.70. The van der Waals surface area contributed by atoms with Gasteiger partial charge in [-0.2, -0.15) is 0 Å². The van der Waals surface area contributed by atoms with Crippen molar-refractivity contribution in [2.45, 2.75) is 38.5 Å². The summed E-state index contributed by atoms with van der Waals surface area (Å²) in [6, 6.07) is 3.43. The maximum atomic E-state index is 12.7. The fourth-order valence-corrected chi connectivity index (χ4v) is 5.13. The molecule has 1 aliphatic heterocycles. The highest BCUT2D eigenvalue weighted by Gasteiger charge is 2.28. The van der Waals surface area contributed by atoms with Crippen LogP contribution in [0.5, 0.6) is 0 Å². The number of carbonyl (C=O) groups is 1. The number of hydrogen-bond acceptors (Lipinski definition) is 4. The summed E-state index contributed by atoms with van der Waals surface area (Å²) >= 11 is 3.37. The predicted molar refractivity (Wildman–Crippen MR) is 103 cm³/mol. The Balaban J connectivity index is 2.22. The number of nitrogens with zero attached hydrogens (tertiary/aromatic N) is 2. The minimum Gasteiger partial charge on any atom is -0.312 e. The molecule has 0 saturated heterocycles. The Bertz CT molecular complexity index is 733. The molecule has 1 aromatic carbocycles. The van der Waals surface area contributed by atoms with E-state index in [-0.39, 0.29) is 10.8 Å². The minimum absolute atomic E-state index is 0.0129. The van der Waals surface area contributed by atoms with Crippen molar-refractivity contribution in [2.24, 2.45) is 0 Å². The third-order valence-corrected chi connectivity index (χ3v) is 6.96. The molecule has 0 aromatic heterocycles. The Morgan fingerprint density at radius 2 is 1.96 bits per heavy atom. The molecule has 1 N–H and O–H groups in total. The van der Waals surface area contributed by atoms with Gasteiger partial charge >= 0.3 is 0 Å². The second kappa shape index (κ2) is 8.62. The van der Waals surface area contributed by atoms with Gasteiger partial charge in [0, 0.05) is 36.2 Å². The van der Waals surface area contributed by atoms with E-state index >= 15 is 0 Å². The van der Waals surface area contributed by atoms with Crippen molar-refractivity contribution in [2.75, 3.05) is 37.6 Å². The Morgan fingerprint density at radius 1 is 1.28 bits per heavy atom. The van der Waals surface area contributed by atoms with Crippen LogP contribution in [0.3, 0.4) is 0 Å². The van der Waals surface area contributed by atoms with Crippen molar-refractivity contribution >= 4 is 37.5 Å². The standard InChI is InChI=1S/C17H26BrN3O3S/c1-4-17(22)21-9-7-13-11-14(18)16(12-15(13)21)25(23,24)19-8-10-20(5-2)6-3/h11-12,19H,4-10H2,1-3H3. The van der Waals surface area contributed by atoms with Crippen LogP contribution in [0.2, 0.25) is 0 Å². The lowest BCUT2D eigenvalue weighted by atomic mass is 10.2. The third kappa shape index (κ3) is 4.61. The summed E-state index contributed by atoms with van der Waals surface area (Å²) in [5.74, 6) is 0.0129. The van der Waals surface area contributed by atoms with Gasteiger partial charge in [-0.3, -0.25) is 4.79 Å². The molecule has 140 valence electrons. The van der Waals surface area contributed by atoms with Gasteiger partial charge in [-0.25, -0.2) is 13.1 Å². The molecule has 25 heavy (non-hydrogen) atoms. The highest BCUT2D eigenvalue weighted by molar-refractivity contribution is 9.10. The number of benzene rings is 1. The van der Waals surface area contributed by atoms with Crippen LogP contribution in [0, 0.1) is 0 Å². The first-order valence-electron chi connectivity index (χ1n) is 8.68. The van der Waals surface area contributed by atoms with Crippen molar-refractivity contribution in [3.8, 4) is 0 Å². The second-order valence-corrected chi connectivity index (χ2v) is 8.57. The summed E-state index contributed by atoms with van der Waals surface area (Å²) in [6.07, 6.45) is 1.15. The highest BCUT2D eigenvalue weighted by atomic mass is 79.9. The topological polar surface area (TPSA) is 69.7 Å². The Morgan fingerprint density at radius 3 is 2.56 bits per heavy atom. The second-order valence-electron chi connectivity index (χ2n) is 5.98. The molecule has 0 spiro atoms. The lowest BCUT2D eigenvalue weighted by Gasteiger charge is -2.19. The molecule has 0 radical (unpaired) electrons. The van der Waals surface area contributed by atoms with Crippen LogP contribution in [0.1, 0.15) is 32.8 Å². The number of anilines is 1. The number of likely N-dealkylation sites (N-methyl/N-ethyl adjacent to an activating group) is 1. The molecule has 0 unspecified atom stereocenters. The van der Waals surface area contributed by atoms with Gasteiger partial charge in [0.2, 0.25) is 15.9 Å². The van der Waals surface area contributed by atoms with Crippen LogP contribution in [-0.4, -0.2) is 51.9 Å². The van der Waals surface area contributed by atoms with E-state index in [4.69, 9.17) is 0 Å². The summed E-state index contributed by atoms with van der Waals surface area (Å²) in [6.45, 7) is 9.30. The number of fused-ring (bicyclic) bond motifs is 1. The lowest BCUT2D eigenvalue weighted by molar-refractivity contribution is -0.118. The molecule has 0 aliphatic carbocycles. The smallest absolute Gasteiger partial charge is 0.241 e. The number of nitrogens with one attached hydrogen (secondary N) is 1. The zero-order chi connectivity index (χ0) is 18.6. The molecule has 0 saturated carbocycles. The van der Waals surface area contributed by atoms with Crippen LogP contribution in [0.4, 0.5) is 5.69 Å². The van der Waals surface area contributed by atoms with E-state index in [9.17, 15) is 13.2 Å². The normalized spacial score (nSPS) is 14.2. The number of carbonyl (C=O) groups excluding carboxylic acids is 1. The summed E-state index contributed by atoms with van der Waals surface area (Å²) in [4.78, 5) is 16.1. The molecule has 0 fully saturated rings. The molecule has 6 nitrogen and oxygen atoms in total. The fourth-order valence-electron chi connectivity index (χ4n) is 3.00. The van der Waals surface area contributed by atoms with E-state index in [1.807, 2.05) is 13.0 Å². The molecule has 0 bridgehead atoms. The first-order chi connectivity index (χ1) is 11.8. The number of sulfonamides is 1. The van der Waals surface area contributed by atoms with Gasteiger partial charge in [-0.05, 0) is 53.1 Å². The summed E-state index contributed by atoms with van der Waals surface area (Å²) in [7, 11) is -3.64. The van der Waals surface area contributed by atoms with Gasteiger partial charge in [0.15, 0.2) is 0 Å². The molecular formula is C17H26BrN3O3S.